The molecule has 31 heavy (non-hydrogen) atoms. The quantitative estimate of drug-likeness (QED) is 0.632. The summed E-state index contributed by atoms with van der Waals surface area (Å²) in [6.45, 7) is 6.67. The van der Waals surface area contributed by atoms with Gasteiger partial charge in [0.1, 0.15) is 19.0 Å². The third-order valence-electron chi connectivity index (χ3n) is 5.26. The highest BCUT2D eigenvalue weighted by Crippen LogP contribution is 2.26. The van der Waals surface area contributed by atoms with Gasteiger partial charge in [0.15, 0.2) is 0 Å². The van der Waals surface area contributed by atoms with Crippen molar-refractivity contribution in [2.45, 2.75) is 33.4 Å². The van der Waals surface area contributed by atoms with E-state index < -0.39 is 5.69 Å². The first kappa shape index (κ1) is 20.8. The predicted octanol–water partition coefficient (Wildman–Crippen LogP) is 1.62. The number of hydrogen-bond donors (Lipinski definition) is 0. The minimum absolute atomic E-state index is 0.0431. The molecule has 1 aliphatic rings. The van der Waals surface area contributed by atoms with Gasteiger partial charge < -0.3 is 9.64 Å². The van der Waals surface area contributed by atoms with Crippen LogP contribution in [0.25, 0.3) is 11.1 Å². The van der Waals surface area contributed by atoms with Gasteiger partial charge in [0, 0.05) is 41.6 Å². The van der Waals surface area contributed by atoms with E-state index in [1.54, 1.807) is 37.2 Å². The highest BCUT2D eigenvalue weighted by atomic mass is 16.5. The number of pyridine rings is 1. The zero-order chi connectivity index (χ0) is 22.0. The number of nitrogens with zero attached hydrogens (tertiary/aromatic N) is 6. The number of aromatic nitrogens is 5. The number of carbonyl (C=O) groups is 1. The molecule has 1 aliphatic heterocycles. The van der Waals surface area contributed by atoms with Gasteiger partial charge >= 0.3 is 5.69 Å². The fourth-order valence-electron chi connectivity index (χ4n) is 3.73. The van der Waals surface area contributed by atoms with E-state index >= 15 is 0 Å². The summed E-state index contributed by atoms with van der Waals surface area (Å²) in [4.78, 5) is 43.6. The van der Waals surface area contributed by atoms with Crippen LogP contribution in [0.15, 0.2) is 41.7 Å². The van der Waals surface area contributed by atoms with Crippen LogP contribution in [0.2, 0.25) is 0 Å². The average Bonchev–Trinajstić information content (AvgIpc) is 2.76. The lowest BCUT2D eigenvalue weighted by molar-refractivity contribution is -0.139. The van der Waals surface area contributed by atoms with E-state index in [0.717, 1.165) is 22.5 Å². The fourth-order valence-corrected chi connectivity index (χ4v) is 3.73. The van der Waals surface area contributed by atoms with Crippen LogP contribution in [0.5, 0.6) is 0 Å². The van der Waals surface area contributed by atoms with Crippen molar-refractivity contribution in [1.29, 1.82) is 0 Å². The molecule has 9 heteroatoms. The van der Waals surface area contributed by atoms with Crippen LogP contribution in [-0.4, -0.2) is 55.0 Å². The van der Waals surface area contributed by atoms with Gasteiger partial charge in [0.25, 0.3) is 0 Å². The van der Waals surface area contributed by atoms with E-state index in [2.05, 4.69) is 19.9 Å². The molecule has 1 atom stereocenters. The van der Waals surface area contributed by atoms with Crippen molar-refractivity contribution in [3.63, 3.8) is 0 Å². The van der Waals surface area contributed by atoms with Crippen molar-refractivity contribution in [1.82, 2.24) is 29.4 Å². The van der Waals surface area contributed by atoms with Crippen LogP contribution in [0.3, 0.4) is 0 Å². The molecule has 3 aromatic heterocycles. The second-order valence-electron chi connectivity index (χ2n) is 7.66. The summed E-state index contributed by atoms with van der Waals surface area (Å²) in [5.74, 6) is -0.145. The summed E-state index contributed by atoms with van der Waals surface area (Å²) in [5.41, 5.74) is 4.38. The van der Waals surface area contributed by atoms with Gasteiger partial charge in [-0.3, -0.25) is 14.3 Å². The van der Waals surface area contributed by atoms with Crippen LogP contribution < -0.4 is 5.69 Å². The second kappa shape index (κ2) is 8.73. The van der Waals surface area contributed by atoms with E-state index in [-0.39, 0.29) is 18.6 Å². The van der Waals surface area contributed by atoms with Crippen molar-refractivity contribution < 1.29 is 9.53 Å². The molecule has 0 N–H and O–H groups in total. The van der Waals surface area contributed by atoms with Gasteiger partial charge in [-0.05, 0) is 44.5 Å². The minimum atomic E-state index is -0.411. The van der Waals surface area contributed by atoms with E-state index in [1.165, 1.54) is 10.9 Å². The molecule has 160 valence electrons. The summed E-state index contributed by atoms with van der Waals surface area (Å²) in [5, 5.41) is 0. The van der Waals surface area contributed by atoms with Crippen molar-refractivity contribution in [3.05, 3.63) is 70.2 Å². The highest BCUT2D eigenvalue weighted by molar-refractivity contribution is 5.76. The summed E-state index contributed by atoms with van der Waals surface area (Å²) in [6.07, 6.45) is 4.63. The summed E-state index contributed by atoms with van der Waals surface area (Å²) >= 11 is 0. The third-order valence-corrected chi connectivity index (χ3v) is 5.26. The van der Waals surface area contributed by atoms with E-state index in [1.807, 2.05) is 19.1 Å². The largest absolute Gasteiger partial charge is 0.368 e. The number of morpholine rings is 1. The summed E-state index contributed by atoms with van der Waals surface area (Å²) < 4.78 is 7.34. The van der Waals surface area contributed by atoms with Gasteiger partial charge in [-0.15, -0.1) is 0 Å². The molecular weight excluding hydrogens is 396 g/mol. The Bertz CT molecular complexity index is 1160. The van der Waals surface area contributed by atoms with Crippen molar-refractivity contribution in [2.75, 3.05) is 19.7 Å². The molecule has 0 radical (unpaired) electrons. The van der Waals surface area contributed by atoms with Gasteiger partial charge in [0.2, 0.25) is 5.91 Å². The Morgan fingerprint density at radius 1 is 1.06 bits per heavy atom. The maximum Gasteiger partial charge on any atom is 0.348 e. The molecule has 0 aromatic carbocycles. The van der Waals surface area contributed by atoms with Gasteiger partial charge in [-0.2, -0.15) is 4.98 Å². The van der Waals surface area contributed by atoms with Crippen LogP contribution in [0.1, 0.15) is 28.9 Å². The SMILES string of the molecule is Cc1cc(-c2cncnc2)cc([C@H]2CN(C(=O)Cn3c(C)cc(C)nc3=O)CCO2)n1. The Morgan fingerprint density at radius 2 is 1.81 bits per heavy atom. The van der Waals surface area contributed by atoms with Crippen molar-refractivity contribution in [2.24, 2.45) is 0 Å². The average molecular weight is 420 g/mol. The predicted molar refractivity (Wildman–Crippen MR) is 113 cm³/mol. The number of carbonyl (C=O) groups excluding carboxylic acids is 1. The molecule has 1 amide bonds. The number of rotatable bonds is 4. The van der Waals surface area contributed by atoms with Gasteiger partial charge in [-0.1, -0.05) is 0 Å². The molecule has 4 heterocycles. The van der Waals surface area contributed by atoms with Crippen molar-refractivity contribution in [3.8, 4) is 11.1 Å². The Hall–Kier alpha value is -3.46. The minimum Gasteiger partial charge on any atom is -0.368 e. The lowest BCUT2D eigenvalue weighted by atomic mass is 10.1. The molecule has 0 aliphatic carbocycles. The van der Waals surface area contributed by atoms with Gasteiger partial charge in [0.05, 0.1) is 18.8 Å². The van der Waals surface area contributed by atoms with E-state index in [4.69, 9.17) is 4.74 Å². The smallest absolute Gasteiger partial charge is 0.348 e. The number of amides is 1. The molecule has 0 bridgehead atoms. The van der Waals surface area contributed by atoms with E-state index in [9.17, 15) is 9.59 Å². The normalized spacial score (nSPS) is 16.4. The lowest BCUT2D eigenvalue weighted by Gasteiger charge is -2.33. The first-order valence-corrected chi connectivity index (χ1v) is 10.1. The molecule has 1 saturated heterocycles. The Kier molecular flexibility index (Phi) is 5.85. The van der Waals surface area contributed by atoms with Crippen LogP contribution in [0, 0.1) is 20.8 Å². The maximum absolute atomic E-state index is 12.9. The van der Waals surface area contributed by atoms with Gasteiger partial charge in [-0.25, -0.2) is 14.8 Å². The molecular formula is C22H24N6O3. The fraction of sp³-hybridized carbons (Fsp3) is 0.364. The molecule has 0 unspecified atom stereocenters. The van der Waals surface area contributed by atoms with E-state index in [0.29, 0.717) is 31.1 Å². The van der Waals surface area contributed by atoms with Crippen LogP contribution >= 0.6 is 0 Å². The monoisotopic (exact) mass is 420 g/mol. The molecule has 3 aromatic rings. The molecule has 4 rings (SSSR count). The Morgan fingerprint density at radius 3 is 2.55 bits per heavy atom. The number of hydrogen-bond acceptors (Lipinski definition) is 7. The second-order valence-corrected chi connectivity index (χ2v) is 7.66. The first-order valence-electron chi connectivity index (χ1n) is 10.1. The topological polar surface area (TPSA) is 103 Å². The zero-order valence-corrected chi connectivity index (χ0v) is 17.8. The maximum atomic E-state index is 12.9. The lowest BCUT2D eigenvalue weighted by Crippen LogP contribution is -2.45. The third kappa shape index (κ3) is 4.66. The molecule has 9 nitrogen and oxygen atoms in total. The molecule has 0 saturated carbocycles. The zero-order valence-electron chi connectivity index (χ0n) is 17.8. The number of ether oxygens (including phenoxy) is 1. The van der Waals surface area contributed by atoms with Crippen LogP contribution in [-0.2, 0) is 16.1 Å². The highest BCUT2D eigenvalue weighted by Gasteiger charge is 2.27. The standard InChI is InChI=1S/C22H24N6O3/c1-14-6-16(3)28(22(30)26-14)12-21(29)27-4-5-31-20(11-27)19-8-17(7-15(2)25-19)18-9-23-13-24-10-18/h6-10,13,20H,4-5,11-12H2,1-3H3/t20-/m1/s1. The summed E-state index contributed by atoms with van der Waals surface area (Å²) in [6, 6.07) is 5.71. The molecule has 0 spiro atoms. The Labute approximate surface area is 179 Å². The Balaban J connectivity index is 1.53. The first-order chi connectivity index (χ1) is 14.9. The number of aryl methyl sites for hydroxylation is 3. The van der Waals surface area contributed by atoms with Crippen molar-refractivity contribution >= 4 is 5.91 Å². The van der Waals surface area contributed by atoms with Crippen LogP contribution in [0.4, 0.5) is 0 Å². The molecule has 1 fully saturated rings. The summed E-state index contributed by atoms with van der Waals surface area (Å²) in [7, 11) is 0.